The van der Waals surface area contributed by atoms with Crippen molar-refractivity contribution in [1.29, 1.82) is 0 Å². The number of aromatic carboxylic acids is 3. The zero-order valence-electron chi connectivity index (χ0n) is 11.6. The van der Waals surface area contributed by atoms with Gasteiger partial charge in [0.05, 0.1) is 16.7 Å². The Bertz CT molecular complexity index is 1000. The van der Waals surface area contributed by atoms with Crippen molar-refractivity contribution in [2.75, 3.05) is 0 Å². The van der Waals surface area contributed by atoms with Crippen molar-refractivity contribution >= 4 is 39.5 Å². The third-order valence-electron chi connectivity index (χ3n) is 3.71. The number of hydrogen-bond acceptors (Lipinski definition) is 3. The second-order valence-electron chi connectivity index (χ2n) is 5.00. The van der Waals surface area contributed by atoms with Crippen molar-refractivity contribution < 1.29 is 29.7 Å². The van der Waals surface area contributed by atoms with E-state index < -0.39 is 17.9 Å². The van der Waals surface area contributed by atoms with Crippen molar-refractivity contribution in [1.82, 2.24) is 0 Å². The monoisotopic (exact) mass is 310 g/mol. The van der Waals surface area contributed by atoms with Gasteiger partial charge in [0.2, 0.25) is 0 Å². The lowest BCUT2D eigenvalue weighted by Crippen LogP contribution is -2.04. The number of rotatable bonds is 3. The molecule has 0 bridgehead atoms. The first kappa shape index (κ1) is 14.5. The van der Waals surface area contributed by atoms with Gasteiger partial charge in [0.15, 0.2) is 0 Å². The van der Waals surface area contributed by atoms with Crippen molar-refractivity contribution in [3.63, 3.8) is 0 Å². The van der Waals surface area contributed by atoms with Gasteiger partial charge in [0.25, 0.3) is 0 Å². The molecule has 0 unspecified atom stereocenters. The van der Waals surface area contributed by atoms with Gasteiger partial charge in [-0.2, -0.15) is 0 Å². The van der Waals surface area contributed by atoms with Crippen molar-refractivity contribution in [3.8, 4) is 0 Å². The molecule has 3 rings (SSSR count). The van der Waals surface area contributed by atoms with Crippen LogP contribution in [0.25, 0.3) is 21.5 Å². The molecule has 3 N–H and O–H groups in total. The van der Waals surface area contributed by atoms with Crippen molar-refractivity contribution in [2.45, 2.75) is 0 Å². The molecule has 0 aliphatic heterocycles. The molecule has 0 saturated heterocycles. The molecular weight excluding hydrogens is 300 g/mol. The summed E-state index contributed by atoms with van der Waals surface area (Å²) >= 11 is 0. The fourth-order valence-electron chi connectivity index (χ4n) is 2.68. The number of carboxylic acid groups (broad SMARTS) is 3. The second-order valence-corrected chi connectivity index (χ2v) is 5.00. The van der Waals surface area contributed by atoms with Crippen molar-refractivity contribution in [2.24, 2.45) is 0 Å². The van der Waals surface area contributed by atoms with Gasteiger partial charge in [-0.3, -0.25) is 0 Å². The fourth-order valence-corrected chi connectivity index (χ4v) is 2.68. The Labute approximate surface area is 129 Å². The Hall–Kier alpha value is -3.41. The highest BCUT2D eigenvalue weighted by atomic mass is 16.4. The van der Waals surface area contributed by atoms with Crippen LogP contribution in [0.5, 0.6) is 0 Å². The van der Waals surface area contributed by atoms with E-state index in [1.807, 2.05) is 0 Å². The van der Waals surface area contributed by atoms with Crippen LogP contribution in [0, 0.1) is 0 Å². The molecule has 6 heteroatoms. The maximum Gasteiger partial charge on any atom is 0.336 e. The van der Waals surface area contributed by atoms with Gasteiger partial charge in [0, 0.05) is 0 Å². The summed E-state index contributed by atoms with van der Waals surface area (Å²) in [5.74, 6) is -3.53. The molecule has 3 aromatic rings. The first-order valence-electron chi connectivity index (χ1n) is 6.59. The highest BCUT2D eigenvalue weighted by molar-refractivity contribution is 6.16. The van der Waals surface area contributed by atoms with Crippen LogP contribution in [0.3, 0.4) is 0 Å². The molecule has 0 aromatic heterocycles. The summed E-state index contributed by atoms with van der Waals surface area (Å²) in [5, 5.41) is 29.2. The predicted molar refractivity (Wildman–Crippen MR) is 82.3 cm³/mol. The molecule has 0 heterocycles. The largest absolute Gasteiger partial charge is 0.478 e. The Balaban J connectivity index is 2.54. The standard InChI is InChI=1S/C17H10O6/c18-15(19)9-3-1-2-8-6-13-10(16(20)21)4-5-11(17(22)23)14(13)7-12(8)9/h1-7H,(H,18,19)(H,20,21)(H,22,23). The molecule has 0 aliphatic carbocycles. The third-order valence-corrected chi connectivity index (χ3v) is 3.71. The van der Waals surface area contributed by atoms with Gasteiger partial charge in [0.1, 0.15) is 0 Å². The molecular formula is C17H10O6. The highest BCUT2D eigenvalue weighted by Gasteiger charge is 2.17. The number of carboxylic acids is 3. The van der Waals surface area contributed by atoms with Gasteiger partial charge >= 0.3 is 17.9 Å². The third kappa shape index (κ3) is 2.26. The quantitative estimate of drug-likeness (QED) is 0.641. The topological polar surface area (TPSA) is 112 Å². The van der Waals surface area contributed by atoms with Crippen LogP contribution >= 0.6 is 0 Å². The van der Waals surface area contributed by atoms with Crippen LogP contribution < -0.4 is 0 Å². The number of fused-ring (bicyclic) bond motifs is 2. The molecule has 0 aliphatic rings. The maximum absolute atomic E-state index is 11.4. The minimum absolute atomic E-state index is 0.0291. The number of carbonyl (C=O) groups is 3. The van der Waals surface area contributed by atoms with Crippen LogP contribution in [0.1, 0.15) is 31.1 Å². The first-order chi connectivity index (χ1) is 10.9. The average molecular weight is 310 g/mol. The Morgan fingerprint density at radius 2 is 1.09 bits per heavy atom. The van der Waals surface area contributed by atoms with E-state index in [0.29, 0.717) is 10.8 Å². The second kappa shape index (κ2) is 5.10. The maximum atomic E-state index is 11.4. The van der Waals surface area contributed by atoms with E-state index in [4.69, 9.17) is 0 Å². The molecule has 0 fully saturated rings. The summed E-state index contributed by atoms with van der Waals surface area (Å²) in [7, 11) is 0. The lowest BCUT2D eigenvalue weighted by atomic mass is 9.94. The zero-order chi connectivity index (χ0) is 16.7. The minimum atomic E-state index is -1.21. The van der Waals surface area contributed by atoms with E-state index >= 15 is 0 Å². The Morgan fingerprint density at radius 3 is 1.61 bits per heavy atom. The predicted octanol–water partition coefficient (Wildman–Crippen LogP) is 3.09. The normalized spacial score (nSPS) is 10.8. The molecule has 0 amide bonds. The van der Waals surface area contributed by atoms with E-state index in [9.17, 15) is 29.7 Å². The Morgan fingerprint density at radius 1 is 0.609 bits per heavy atom. The minimum Gasteiger partial charge on any atom is -0.478 e. The highest BCUT2D eigenvalue weighted by Crippen LogP contribution is 2.30. The first-order valence-corrected chi connectivity index (χ1v) is 6.59. The summed E-state index contributed by atoms with van der Waals surface area (Å²) in [4.78, 5) is 34.1. The van der Waals surface area contributed by atoms with Crippen LogP contribution in [0.15, 0.2) is 42.5 Å². The van der Waals surface area contributed by atoms with Gasteiger partial charge in [-0.1, -0.05) is 12.1 Å². The number of hydrogen-bond donors (Lipinski definition) is 3. The smallest absolute Gasteiger partial charge is 0.336 e. The van der Waals surface area contributed by atoms with E-state index in [2.05, 4.69) is 0 Å². The number of benzene rings is 3. The van der Waals surface area contributed by atoms with Crippen LogP contribution in [-0.2, 0) is 0 Å². The average Bonchev–Trinajstić information content (AvgIpc) is 2.50. The van der Waals surface area contributed by atoms with Crippen LogP contribution in [-0.4, -0.2) is 33.2 Å². The van der Waals surface area contributed by atoms with Gasteiger partial charge in [-0.25, -0.2) is 14.4 Å². The molecule has 114 valence electrons. The van der Waals surface area contributed by atoms with E-state index in [1.54, 1.807) is 12.1 Å². The van der Waals surface area contributed by atoms with Crippen LogP contribution in [0.4, 0.5) is 0 Å². The fraction of sp³-hybridized carbons (Fsp3) is 0. The molecule has 6 nitrogen and oxygen atoms in total. The molecule has 0 atom stereocenters. The molecule has 0 spiro atoms. The van der Waals surface area contributed by atoms with E-state index in [1.165, 1.54) is 30.3 Å². The lowest BCUT2D eigenvalue weighted by molar-refractivity contribution is 0.0684. The molecule has 0 radical (unpaired) electrons. The van der Waals surface area contributed by atoms with Gasteiger partial charge in [-0.15, -0.1) is 0 Å². The van der Waals surface area contributed by atoms with Crippen LogP contribution in [0.2, 0.25) is 0 Å². The van der Waals surface area contributed by atoms with E-state index in [-0.39, 0.29) is 27.5 Å². The lowest BCUT2D eigenvalue weighted by Gasteiger charge is -2.10. The molecule has 0 saturated carbocycles. The van der Waals surface area contributed by atoms with E-state index in [0.717, 1.165) is 0 Å². The summed E-state index contributed by atoms with van der Waals surface area (Å²) in [6.07, 6.45) is 0. The summed E-state index contributed by atoms with van der Waals surface area (Å²) in [6.45, 7) is 0. The SMILES string of the molecule is O=C(O)c1cccc2cc3c(C(=O)O)ccc(C(=O)O)c3cc12. The summed E-state index contributed by atoms with van der Waals surface area (Å²) < 4.78 is 0. The molecule has 3 aromatic carbocycles. The van der Waals surface area contributed by atoms with Crippen molar-refractivity contribution in [3.05, 3.63) is 59.2 Å². The summed E-state index contributed by atoms with van der Waals surface area (Å²) in [5.41, 5.74) is -0.0822. The Kier molecular flexibility index (Phi) is 3.22. The van der Waals surface area contributed by atoms with Gasteiger partial charge < -0.3 is 15.3 Å². The summed E-state index contributed by atoms with van der Waals surface area (Å²) in [6, 6.07) is 10.00. The zero-order valence-corrected chi connectivity index (χ0v) is 11.6. The van der Waals surface area contributed by atoms with Gasteiger partial charge in [-0.05, 0) is 51.9 Å². The molecule has 23 heavy (non-hydrogen) atoms.